The number of rotatable bonds is 11. The number of nitrogens with one attached hydrogen (secondary N) is 3. The second kappa shape index (κ2) is 16.3. The normalized spacial score (nSPS) is 23.1. The van der Waals surface area contributed by atoms with Gasteiger partial charge in [0, 0.05) is 75.7 Å². The summed E-state index contributed by atoms with van der Waals surface area (Å²) >= 11 is 0. The Morgan fingerprint density at radius 1 is 0.870 bits per heavy atom. The molecular formula is C39H49F2N7O6. The van der Waals surface area contributed by atoms with Crippen LogP contribution < -0.4 is 25.8 Å². The first-order chi connectivity index (χ1) is 26.3. The second-order valence-electron chi connectivity index (χ2n) is 15.4. The Morgan fingerprint density at radius 3 is 2.39 bits per heavy atom. The topological polar surface area (TPSA) is 141 Å². The molecule has 6 heterocycles. The predicted molar refractivity (Wildman–Crippen MR) is 198 cm³/mol. The Kier molecular flexibility index (Phi) is 11.1. The van der Waals surface area contributed by atoms with Gasteiger partial charge in [-0.2, -0.15) is 0 Å². The van der Waals surface area contributed by atoms with Crippen molar-refractivity contribution in [2.45, 2.75) is 82.2 Å². The van der Waals surface area contributed by atoms with Crippen molar-refractivity contribution < 1.29 is 32.6 Å². The lowest BCUT2D eigenvalue weighted by Gasteiger charge is -2.52. The molecule has 15 heteroatoms. The van der Waals surface area contributed by atoms with Gasteiger partial charge in [0.05, 0.1) is 23.9 Å². The molecule has 5 fully saturated rings. The molecule has 0 spiro atoms. The van der Waals surface area contributed by atoms with Gasteiger partial charge in [0.15, 0.2) is 0 Å². The van der Waals surface area contributed by atoms with E-state index >= 15 is 8.78 Å². The SMILES string of the molecule is O=C1CCC(Nc2ccc(N3CCC(N4CC(N5CCC(COc6cc(F)c7c(=O)[nH]c(COC8CCOCC8)nc7c6)CC5)C4)CC3)c(F)c2)C(=O)N1. The van der Waals surface area contributed by atoms with Crippen LogP contribution in [0.3, 0.4) is 0 Å². The molecule has 1 unspecified atom stereocenters. The maximum atomic E-state index is 15.2. The molecule has 54 heavy (non-hydrogen) atoms. The van der Waals surface area contributed by atoms with Gasteiger partial charge >= 0.3 is 0 Å². The number of likely N-dealkylation sites (tertiary alicyclic amines) is 2. The highest BCUT2D eigenvalue weighted by Gasteiger charge is 2.38. The van der Waals surface area contributed by atoms with E-state index in [0.717, 1.165) is 77.8 Å². The summed E-state index contributed by atoms with van der Waals surface area (Å²) in [5.41, 5.74) is 0.843. The van der Waals surface area contributed by atoms with Gasteiger partial charge in [-0.3, -0.25) is 29.5 Å². The Labute approximate surface area is 312 Å². The van der Waals surface area contributed by atoms with Gasteiger partial charge in [0.2, 0.25) is 11.8 Å². The smallest absolute Gasteiger partial charge is 0.261 e. The third-order valence-electron chi connectivity index (χ3n) is 11.8. The van der Waals surface area contributed by atoms with E-state index in [1.165, 1.54) is 12.1 Å². The number of imide groups is 1. The van der Waals surface area contributed by atoms with Crippen LogP contribution in [0.5, 0.6) is 5.75 Å². The quantitative estimate of drug-likeness (QED) is 0.248. The van der Waals surface area contributed by atoms with E-state index in [9.17, 15) is 14.4 Å². The van der Waals surface area contributed by atoms with Crippen LogP contribution in [0.4, 0.5) is 20.2 Å². The van der Waals surface area contributed by atoms with E-state index in [0.29, 0.717) is 67.2 Å². The summed E-state index contributed by atoms with van der Waals surface area (Å²) in [7, 11) is 0. The summed E-state index contributed by atoms with van der Waals surface area (Å²) in [6, 6.07) is 8.41. The summed E-state index contributed by atoms with van der Waals surface area (Å²) in [6.07, 6.45) is 6.26. The van der Waals surface area contributed by atoms with Crippen LogP contribution in [-0.2, 0) is 25.7 Å². The van der Waals surface area contributed by atoms with Crippen LogP contribution in [0.1, 0.15) is 57.2 Å². The molecule has 0 saturated carbocycles. The second-order valence-corrected chi connectivity index (χ2v) is 15.4. The van der Waals surface area contributed by atoms with E-state index < -0.39 is 17.4 Å². The van der Waals surface area contributed by atoms with Crippen LogP contribution in [0.15, 0.2) is 35.1 Å². The third kappa shape index (κ3) is 8.38. The first-order valence-electron chi connectivity index (χ1n) is 19.4. The molecule has 3 aromatic rings. The first kappa shape index (κ1) is 36.8. The number of anilines is 2. The zero-order valence-electron chi connectivity index (χ0n) is 30.5. The molecule has 290 valence electrons. The fraction of sp³-hybridized carbons (Fsp3) is 0.590. The number of aromatic nitrogens is 2. The highest BCUT2D eigenvalue weighted by Crippen LogP contribution is 2.32. The summed E-state index contributed by atoms with van der Waals surface area (Å²) in [5.74, 6) is -0.520. The minimum Gasteiger partial charge on any atom is -0.493 e. The van der Waals surface area contributed by atoms with Crippen molar-refractivity contribution in [3.8, 4) is 5.75 Å². The van der Waals surface area contributed by atoms with E-state index in [4.69, 9.17) is 14.2 Å². The van der Waals surface area contributed by atoms with Gasteiger partial charge < -0.3 is 29.4 Å². The molecule has 0 aliphatic carbocycles. The van der Waals surface area contributed by atoms with Crippen LogP contribution in [-0.4, -0.2) is 115 Å². The number of amides is 2. The summed E-state index contributed by atoms with van der Waals surface area (Å²) in [6.45, 7) is 7.59. The molecule has 0 bridgehead atoms. The number of nitrogens with zero attached hydrogens (tertiary/aromatic N) is 4. The molecule has 8 rings (SSSR count). The molecule has 5 aliphatic rings. The monoisotopic (exact) mass is 749 g/mol. The number of carbonyl (C=O) groups is 2. The van der Waals surface area contributed by atoms with Crippen molar-refractivity contribution in [2.75, 3.05) is 69.3 Å². The Bertz CT molecular complexity index is 1880. The molecule has 1 atom stereocenters. The van der Waals surface area contributed by atoms with Crippen molar-refractivity contribution >= 4 is 34.1 Å². The number of carbonyl (C=O) groups excluding carboxylic acids is 2. The van der Waals surface area contributed by atoms with Crippen molar-refractivity contribution in [1.29, 1.82) is 0 Å². The van der Waals surface area contributed by atoms with Crippen LogP contribution in [0.25, 0.3) is 10.9 Å². The van der Waals surface area contributed by atoms with Gasteiger partial charge in [-0.1, -0.05) is 0 Å². The number of benzene rings is 2. The summed E-state index contributed by atoms with van der Waals surface area (Å²) < 4.78 is 47.5. The maximum Gasteiger partial charge on any atom is 0.261 e. The zero-order valence-corrected chi connectivity index (χ0v) is 30.5. The number of halogens is 2. The number of hydrogen-bond donors (Lipinski definition) is 3. The van der Waals surface area contributed by atoms with Crippen molar-refractivity contribution in [3.63, 3.8) is 0 Å². The fourth-order valence-corrected chi connectivity index (χ4v) is 8.51. The Hall–Kier alpha value is -4.18. The highest BCUT2D eigenvalue weighted by molar-refractivity contribution is 6.01. The van der Waals surface area contributed by atoms with Crippen molar-refractivity contribution in [2.24, 2.45) is 5.92 Å². The van der Waals surface area contributed by atoms with Gasteiger partial charge in [-0.05, 0) is 82.2 Å². The molecule has 5 saturated heterocycles. The minimum absolute atomic E-state index is 0.0507. The Morgan fingerprint density at radius 2 is 1.65 bits per heavy atom. The minimum atomic E-state index is -0.648. The zero-order chi connectivity index (χ0) is 37.2. The number of piperidine rings is 3. The van der Waals surface area contributed by atoms with E-state index in [1.807, 2.05) is 0 Å². The van der Waals surface area contributed by atoms with Gasteiger partial charge in [-0.15, -0.1) is 0 Å². The van der Waals surface area contributed by atoms with E-state index in [2.05, 4.69) is 35.3 Å². The van der Waals surface area contributed by atoms with Crippen LogP contribution >= 0.6 is 0 Å². The number of hydrogen-bond acceptors (Lipinski definition) is 11. The fourth-order valence-electron chi connectivity index (χ4n) is 8.51. The molecule has 3 N–H and O–H groups in total. The highest BCUT2D eigenvalue weighted by atomic mass is 19.1. The molecule has 5 aliphatic heterocycles. The van der Waals surface area contributed by atoms with Crippen molar-refractivity contribution in [3.05, 3.63) is 58.1 Å². The lowest BCUT2D eigenvalue weighted by Crippen LogP contribution is -2.64. The molecule has 2 amide bonds. The lowest BCUT2D eigenvalue weighted by molar-refractivity contribution is -0.133. The van der Waals surface area contributed by atoms with Gasteiger partial charge in [0.1, 0.15) is 41.2 Å². The van der Waals surface area contributed by atoms with Crippen LogP contribution in [0.2, 0.25) is 0 Å². The molecular weight excluding hydrogens is 700 g/mol. The standard InChI is InChI=1S/C39H49F2N7O6/c40-30-17-25(42-32-2-4-36(49)45-38(32)50)1-3-34(30)47-13-7-26(8-14-47)48-20-27(21-48)46-11-5-24(6-12-46)22-53-29-18-31(41)37-33(19-29)43-35(44-39(37)51)23-54-28-9-15-52-16-10-28/h1,3,17-19,24,26-28,32,42H,2,4-16,20-23H2,(H,43,44,51)(H,45,49,50). The number of H-pyrrole nitrogens is 1. The number of fused-ring (bicyclic) bond motifs is 1. The maximum absolute atomic E-state index is 15.2. The largest absolute Gasteiger partial charge is 0.493 e. The molecule has 0 radical (unpaired) electrons. The van der Waals surface area contributed by atoms with Crippen LogP contribution in [0, 0.1) is 17.6 Å². The number of aromatic amines is 1. The Balaban J connectivity index is 0.756. The lowest BCUT2D eigenvalue weighted by atomic mass is 9.92. The predicted octanol–water partition coefficient (Wildman–Crippen LogP) is 3.56. The van der Waals surface area contributed by atoms with E-state index in [-0.39, 0.29) is 47.7 Å². The number of ether oxygens (including phenoxy) is 3. The van der Waals surface area contributed by atoms with Gasteiger partial charge in [0.25, 0.3) is 5.56 Å². The summed E-state index contributed by atoms with van der Waals surface area (Å²) in [4.78, 5) is 50.6. The van der Waals surface area contributed by atoms with Crippen molar-refractivity contribution in [1.82, 2.24) is 25.1 Å². The van der Waals surface area contributed by atoms with Gasteiger partial charge in [-0.25, -0.2) is 13.8 Å². The molecule has 13 nitrogen and oxygen atoms in total. The average Bonchev–Trinajstić information content (AvgIpc) is 3.15. The summed E-state index contributed by atoms with van der Waals surface area (Å²) in [5, 5.41) is 5.30. The third-order valence-corrected chi connectivity index (χ3v) is 11.8. The first-order valence-corrected chi connectivity index (χ1v) is 19.4. The average molecular weight is 750 g/mol. The molecule has 1 aromatic heterocycles. The molecule has 2 aromatic carbocycles. The van der Waals surface area contributed by atoms with E-state index in [1.54, 1.807) is 18.2 Å².